The molecule has 0 bridgehead atoms. The Bertz CT molecular complexity index is 883. The van der Waals surface area contributed by atoms with Gasteiger partial charge in [0.25, 0.3) is 11.4 Å². The van der Waals surface area contributed by atoms with Gasteiger partial charge in [-0.05, 0) is 36.4 Å². The van der Waals surface area contributed by atoms with Crippen LogP contribution in [0, 0.1) is 10.1 Å². The van der Waals surface area contributed by atoms with Gasteiger partial charge in [-0.1, -0.05) is 0 Å². The first-order valence-electron chi connectivity index (χ1n) is 7.12. The average Bonchev–Trinajstić information content (AvgIpc) is 2.90. The maximum Gasteiger partial charge on any atom is 0.413 e. The fourth-order valence-electron chi connectivity index (χ4n) is 2.37. The third-order valence-electron chi connectivity index (χ3n) is 3.70. The molecule has 122 valence electrons. The maximum absolute atomic E-state index is 10.7. The van der Waals surface area contributed by atoms with Crippen molar-refractivity contribution in [3.05, 3.63) is 58.6 Å². The van der Waals surface area contributed by atoms with E-state index in [9.17, 15) is 15.2 Å². The zero-order valence-corrected chi connectivity index (χ0v) is 13.1. The molecule has 0 atom stereocenters. The number of aromatic nitrogens is 1. The lowest BCUT2D eigenvalue weighted by Gasteiger charge is -1.98. The van der Waals surface area contributed by atoms with Crippen LogP contribution >= 0.6 is 0 Å². The van der Waals surface area contributed by atoms with Crippen molar-refractivity contribution < 1.29 is 23.8 Å². The summed E-state index contributed by atoms with van der Waals surface area (Å²) >= 11 is 0. The van der Waals surface area contributed by atoms with Crippen LogP contribution in [0.3, 0.4) is 0 Å². The fourth-order valence-corrected chi connectivity index (χ4v) is 2.37. The predicted octanol–water partition coefficient (Wildman–Crippen LogP) is 3.06. The van der Waals surface area contributed by atoms with Gasteiger partial charge in [-0.15, -0.1) is 4.57 Å². The molecule has 24 heavy (non-hydrogen) atoms. The van der Waals surface area contributed by atoms with E-state index in [1.807, 2.05) is 12.1 Å². The van der Waals surface area contributed by atoms with Crippen LogP contribution in [0.15, 0.2) is 52.9 Å². The normalized spacial score (nSPS) is 10.6. The van der Waals surface area contributed by atoms with Crippen LogP contribution in [0.2, 0.25) is 0 Å². The van der Waals surface area contributed by atoms with E-state index in [0.717, 1.165) is 5.56 Å². The molecule has 0 radical (unpaired) electrons. The van der Waals surface area contributed by atoms with E-state index in [0.29, 0.717) is 17.2 Å². The summed E-state index contributed by atoms with van der Waals surface area (Å²) in [4.78, 5) is 10.3. The third-order valence-corrected chi connectivity index (χ3v) is 3.70. The molecule has 0 saturated carbocycles. The molecule has 7 nitrogen and oxygen atoms in total. The first-order chi connectivity index (χ1) is 11.5. The highest BCUT2D eigenvalue weighted by Gasteiger charge is 2.28. The number of hydrogen-bond acceptors (Lipinski definition) is 5. The minimum atomic E-state index is -0.478. The number of oxazole rings is 1. The van der Waals surface area contributed by atoms with Crippen LogP contribution < -0.4 is 9.30 Å². The molecule has 1 N–H and O–H groups in total. The Balaban J connectivity index is 2.02. The highest BCUT2D eigenvalue weighted by Crippen LogP contribution is 2.33. The molecule has 0 aliphatic heterocycles. The van der Waals surface area contributed by atoms with Gasteiger partial charge in [0.15, 0.2) is 0 Å². The fraction of sp³-hybridized carbons (Fsp3) is 0.118. The van der Waals surface area contributed by atoms with Crippen molar-refractivity contribution in [2.24, 2.45) is 7.05 Å². The number of nitro groups is 1. The standard InChI is InChI=1S/C17H14N2O5/c1-18-16(20)15(11-3-7-13(8-4-11)19(21)22)24-17(18)12-5-9-14(23-2)10-6-12/h3-10H,1-2H3/p+1. The molecule has 2 aromatic carbocycles. The number of hydrogen-bond donors (Lipinski definition) is 1. The molecule has 0 aliphatic rings. The number of methoxy groups -OCH3 is 1. The smallest absolute Gasteiger partial charge is 0.413 e. The molecule has 0 fully saturated rings. The number of nitro benzene ring substituents is 1. The van der Waals surface area contributed by atoms with Gasteiger partial charge in [-0.3, -0.25) is 10.1 Å². The second kappa shape index (κ2) is 6.04. The monoisotopic (exact) mass is 327 g/mol. The Morgan fingerprint density at radius 3 is 2.21 bits per heavy atom. The number of nitrogens with zero attached hydrogens (tertiary/aromatic N) is 2. The highest BCUT2D eigenvalue weighted by atomic mass is 16.6. The molecule has 3 aromatic rings. The molecule has 0 spiro atoms. The summed E-state index contributed by atoms with van der Waals surface area (Å²) in [6.07, 6.45) is 0. The summed E-state index contributed by atoms with van der Waals surface area (Å²) in [5.74, 6) is 1.36. The van der Waals surface area contributed by atoms with Crippen LogP contribution in [-0.4, -0.2) is 17.1 Å². The Morgan fingerprint density at radius 1 is 1.08 bits per heavy atom. The van der Waals surface area contributed by atoms with E-state index in [-0.39, 0.29) is 17.3 Å². The molecule has 0 amide bonds. The van der Waals surface area contributed by atoms with Gasteiger partial charge in [-0.2, -0.15) is 0 Å². The van der Waals surface area contributed by atoms with E-state index in [4.69, 9.17) is 9.15 Å². The van der Waals surface area contributed by atoms with E-state index < -0.39 is 4.92 Å². The zero-order valence-electron chi connectivity index (χ0n) is 13.1. The second-order valence-electron chi connectivity index (χ2n) is 5.15. The van der Waals surface area contributed by atoms with Crippen LogP contribution in [-0.2, 0) is 7.05 Å². The van der Waals surface area contributed by atoms with Crippen molar-refractivity contribution in [2.45, 2.75) is 0 Å². The lowest BCUT2D eigenvalue weighted by atomic mass is 10.1. The summed E-state index contributed by atoms with van der Waals surface area (Å²) in [6, 6.07) is 13.0. The number of benzene rings is 2. The molecule has 1 heterocycles. The Hall–Kier alpha value is -3.35. The Morgan fingerprint density at radius 2 is 1.67 bits per heavy atom. The molecule has 7 heteroatoms. The van der Waals surface area contributed by atoms with Crippen LogP contribution in [0.25, 0.3) is 22.8 Å². The van der Waals surface area contributed by atoms with Gasteiger partial charge < -0.3 is 14.3 Å². The van der Waals surface area contributed by atoms with Crippen molar-refractivity contribution >= 4 is 5.69 Å². The molecule has 1 aromatic heterocycles. The van der Waals surface area contributed by atoms with E-state index >= 15 is 0 Å². The quantitative estimate of drug-likeness (QED) is 0.452. The summed E-state index contributed by atoms with van der Waals surface area (Å²) in [5, 5.41) is 21.1. The van der Waals surface area contributed by atoms with Crippen molar-refractivity contribution in [1.82, 2.24) is 0 Å². The molecular weight excluding hydrogens is 312 g/mol. The third kappa shape index (κ3) is 2.67. The van der Waals surface area contributed by atoms with Gasteiger partial charge >= 0.3 is 11.8 Å². The lowest BCUT2D eigenvalue weighted by Crippen LogP contribution is -2.27. The van der Waals surface area contributed by atoms with Crippen molar-refractivity contribution in [2.75, 3.05) is 7.11 Å². The topological polar surface area (TPSA) is 89.6 Å². The Kier molecular flexibility index (Phi) is 3.91. The van der Waals surface area contributed by atoms with E-state index in [1.54, 1.807) is 26.3 Å². The maximum atomic E-state index is 10.7. The van der Waals surface area contributed by atoms with Gasteiger partial charge in [0.1, 0.15) is 12.8 Å². The molecule has 0 saturated heterocycles. The van der Waals surface area contributed by atoms with Crippen molar-refractivity contribution in [1.29, 1.82) is 0 Å². The van der Waals surface area contributed by atoms with Crippen LogP contribution in [0.1, 0.15) is 0 Å². The molecular formula is C17H15N2O5+. The molecule has 3 rings (SSSR count). The van der Waals surface area contributed by atoms with Crippen molar-refractivity contribution in [3.8, 4) is 34.4 Å². The van der Waals surface area contributed by atoms with Gasteiger partial charge in [0.05, 0.1) is 17.6 Å². The molecule has 0 unspecified atom stereocenters. The number of rotatable bonds is 4. The van der Waals surface area contributed by atoms with E-state index in [2.05, 4.69) is 0 Å². The van der Waals surface area contributed by atoms with Crippen LogP contribution in [0.5, 0.6) is 11.6 Å². The predicted molar refractivity (Wildman–Crippen MR) is 85.6 cm³/mol. The summed E-state index contributed by atoms with van der Waals surface area (Å²) in [5.41, 5.74) is 1.29. The van der Waals surface area contributed by atoms with Gasteiger partial charge in [-0.25, -0.2) is 0 Å². The highest BCUT2D eigenvalue weighted by molar-refractivity contribution is 5.65. The summed E-state index contributed by atoms with van der Waals surface area (Å²) < 4.78 is 12.4. The first kappa shape index (κ1) is 15.5. The minimum absolute atomic E-state index is 0.0236. The molecule has 0 aliphatic carbocycles. The Labute approximate surface area is 137 Å². The SMILES string of the molecule is COc1ccc(-c2oc(-c3ccc([N+](=O)[O-])cc3)c(O)[n+]2C)cc1. The minimum Gasteiger partial charge on any atom is -0.497 e. The summed E-state index contributed by atoms with van der Waals surface area (Å²) in [7, 11) is 3.26. The second-order valence-corrected chi connectivity index (χ2v) is 5.15. The van der Waals surface area contributed by atoms with Crippen molar-refractivity contribution in [3.63, 3.8) is 0 Å². The van der Waals surface area contributed by atoms with Gasteiger partial charge in [0.2, 0.25) is 0 Å². The number of aromatic hydroxyl groups is 1. The first-order valence-corrected chi connectivity index (χ1v) is 7.12. The average molecular weight is 327 g/mol. The largest absolute Gasteiger partial charge is 0.497 e. The number of non-ortho nitro benzene ring substituents is 1. The summed E-state index contributed by atoms with van der Waals surface area (Å²) in [6.45, 7) is 0. The number of ether oxygens (including phenoxy) is 1. The lowest BCUT2D eigenvalue weighted by molar-refractivity contribution is -0.668. The van der Waals surface area contributed by atoms with E-state index in [1.165, 1.54) is 28.8 Å². The van der Waals surface area contributed by atoms with Crippen LogP contribution in [0.4, 0.5) is 5.69 Å². The van der Waals surface area contributed by atoms with Gasteiger partial charge in [0, 0.05) is 17.7 Å². The zero-order chi connectivity index (χ0) is 17.3.